The zero-order chi connectivity index (χ0) is 17.2. The number of fused-ring (bicyclic) bond motifs is 1. The Kier molecular flexibility index (Phi) is 4.17. The first-order chi connectivity index (χ1) is 12.3. The van der Waals surface area contributed by atoms with Crippen LogP contribution >= 0.6 is 0 Å². The largest absolute Gasteiger partial charge is 0.486 e. The highest BCUT2D eigenvalue weighted by atomic mass is 16.6. The van der Waals surface area contributed by atoms with E-state index < -0.39 is 0 Å². The quantitative estimate of drug-likeness (QED) is 0.931. The molecular weight excluding hydrogens is 318 g/mol. The molecule has 3 heterocycles. The monoisotopic (exact) mass is 339 g/mol. The summed E-state index contributed by atoms with van der Waals surface area (Å²) in [6.07, 6.45) is 3.72. The van der Waals surface area contributed by atoms with Crippen LogP contribution in [-0.2, 0) is 0 Å². The summed E-state index contributed by atoms with van der Waals surface area (Å²) in [7, 11) is 1.84. The first-order valence-electron chi connectivity index (χ1n) is 8.61. The Morgan fingerprint density at radius 1 is 1.28 bits per heavy atom. The summed E-state index contributed by atoms with van der Waals surface area (Å²) in [5.74, 6) is 2.02. The highest BCUT2D eigenvalue weighted by Gasteiger charge is 2.33. The molecule has 1 N–H and O–H groups in total. The molecule has 130 valence electrons. The maximum absolute atomic E-state index is 13.2. The topological polar surface area (TPSA) is 63.7 Å². The molecule has 6 nitrogen and oxygen atoms in total. The summed E-state index contributed by atoms with van der Waals surface area (Å²) in [6, 6.07) is 9.55. The Morgan fingerprint density at radius 3 is 3.04 bits per heavy atom. The van der Waals surface area contributed by atoms with Gasteiger partial charge in [-0.3, -0.25) is 4.79 Å². The van der Waals surface area contributed by atoms with Crippen molar-refractivity contribution in [1.82, 2.24) is 9.88 Å². The smallest absolute Gasteiger partial charge is 0.258 e. The minimum absolute atomic E-state index is 0.00679. The Balaban J connectivity index is 1.65. The molecule has 1 amide bonds. The van der Waals surface area contributed by atoms with Gasteiger partial charge in [0.2, 0.25) is 0 Å². The number of aromatic nitrogens is 1. The molecule has 0 radical (unpaired) electrons. The van der Waals surface area contributed by atoms with E-state index in [0.29, 0.717) is 30.3 Å². The summed E-state index contributed by atoms with van der Waals surface area (Å²) in [5.41, 5.74) is 1.68. The second-order valence-corrected chi connectivity index (χ2v) is 6.21. The van der Waals surface area contributed by atoms with Crippen molar-refractivity contribution in [1.29, 1.82) is 0 Å². The van der Waals surface area contributed by atoms with Gasteiger partial charge in [-0.1, -0.05) is 6.07 Å². The number of nitrogens with one attached hydrogen (secondary N) is 1. The lowest BCUT2D eigenvalue weighted by atomic mass is 10.0. The molecule has 1 aromatic carbocycles. The maximum Gasteiger partial charge on any atom is 0.258 e. The van der Waals surface area contributed by atoms with Gasteiger partial charge in [-0.25, -0.2) is 4.98 Å². The third-order valence-corrected chi connectivity index (χ3v) is 4.74. The predicted octanol–water partition coefficient (Wildman–Crippen LogP) is 2.87. The summed E-state index contributed by atoms with van der Waals surface area (Å²) >= 11 is 0. The zero-order valence-electron chi connectivity index (χ0n) is 14.2. The number of nitrogens with zero attached hydrogens (tertiary/aromatic N) is 2. The molecule has 6 heteroatoms. The molecule has 1 aromatic heterocycles. The fourth-order valence-electron chi connectivity index (χ4n) is 3.54. The predicted molar refractivity (Wildman–Crippen MR) is 94.2 cm³/mol. The number of benzene rings is 1. The number of likely N-dealkylation sites (tertiary alicyclic amines) is 1. The molecular formula is C19H21N3O3. The number of anilines is 1. The molecule has 4 rings (SSSR count). The van der Waals surface area contributed by atoms with Crippen molar-refractivity contribution in [3.8, 4) is 11.5 Å². The maximum atomic E-state index is 13.2. The third-order valence-electron chi connectivity index (χ3n) is 4.74. The van der Waals surface area contributed by atoms with Gasteiger partial charge in [-0.05, 0) is 42.7 Å². The van der Waals surface area contributed by atoms with E-state index in [0.717, 1.165) is 30.8 Å². The summed E-state index contributed by atoms with van der Waals surface area (Å²) in [6.45, 7) is 1.72. The fourth-order valence-corrected chi connectivity index (χ4v) is 3.54. The highest BCUT2D eigenvalue weighted by molar-refractivity contribution is 5.98. The molecule has 25 heavy (non-hydrogen) atoms. The van der Waals surface area contributed by atoms with Gasteiger partial charge in [0.1, 0.15) is 19.0 Å². The number of para-hydroxylation sites is 1. The van der Waals surface area contributed by atoms with Crippen LogP contribution < -0.4 is 14.8 Å². The van der Waals surface area contributed by atoms with Gasteiger partial charge in [0.25, 0.3) is 5.91 Å². The lowest BCUT2D eigenvalue weighted by Gasteiger charge is -2.27. The number of hydrogen-bond acceptors (Lipinski definition) is 5. The number of carbonyl (C=O) groups excluding carboxylic acids is 1. The number of hydrogen-bond donors (Lipinski definition) is 1. The molecule has 1 saturated heterocycles. The molecule has 0 bridgehead atoms. The van der Waals surface area contributed by atoms with Crippen LogP contribution in [0.15, 0.2) is 36.5 Å². The van der Waals surface area contributed by atoms with E-state index in [2.05, 4.69) is 10.3 Å². The van der Waals surface area contributed by atoms with Crippen molar-refractivity contribution < 1.29 is 14.3 Å². The average molecular weight is 339 g/mol. The van der Waals surface area contributed by atoms with Crippen LogP contribution in [0.25, 0.3) is 0 Å². The number of ether oxygens (including phenoxy) is 2. The molecule has 0 unspecified atom stereocenters. The number of amides is 1. The van der Waals surface area contributed by atoms with Gasteiger partial charge in [0.15, 0.2) is 11.5 Å². The van der Waals surface area contributed by atoms with Crippen molar-refractivity contribution >= 4 is 11.7 Å². The number of carbonyl (C=O) groups is 1. The van der Waals surface area contributed by atoms with E-state index in [1.54, 1.807) is 6.20 Å². The van der Waals surface area contributed by atoms with Crippen LogP contribution in [-0.4, -0.2) is 42.6 Å². The molecule has 2 aliphatic heterocycles. The molecule has 1 fully saturated rings. The first kappa shape index (κ1) is 15.7. The normalized spacial score (nSPS) is 18.9. The minimum atomic E-state index is -0.00679. The SMILES string of the molecule is CNc1cc([C@H]2CCCN2C(=O)c2cccc3c2OCCO3)ccn1. The van der Waals surface area contributed by atoms with Crippen molar-refractivity contribution in [2.45, 2.75) is 18.9 Å². The molecule has 0 spiro atoms. The van der Waals surface area contributed by atoms with Gasteiger partial charge in [-0.15, -0.1) is 0 Å². The van der Waals surface area contributed by atoms with Crippen LogP contribution in [0.3, 0.4) is 0 Å². The van der Waals surface area contributed by atoms with E-state index in [4.69, 9.17) is 9.47 Å². The van der Waals surface area contributed by atoms with E-state index in [9.17, 15) is 4.79 Å². The zero-order valence-corrected chi connectivity index (χ0v) is 14.2. The lowest BCUT2D eigenvalue weighted by Crippen LogP contribution is -2.31. The molecule has 0 saturated carbocycles. The lowest BCUT2D eigenvalue weighted by molar-refractivity contribution is 0.0725. The first-order valence-corrected chi connectivity index (χ1v) is 8.61. The van der Waals surface area contributed by atoms with E-state index in [-0.39, 0.29) is 11.9 Å². The van der Waals surface area contributed by atoms with Gasteiger partial charge in [0.05, 0.1) is 11.6 Å². The average Bonchev–Trinajstić information content (AvgIpc) is 3.17. The Bertz CT molecular complexity index is 793. The third kappa shape index (κ3) is 2.88. The Hall–Kier alpha value is -2.76. The molecule has 0 aliphatic carbocycles. The van der Waals surface area contributed by atoms with Crippen molar-refractivity contribution in [2.24, 2.45) is 0 Å². The summed E-state index contributed by atoms with van der Waals surface area (Å²) in [5, 5.41) is 3.06. The van der Waals surface area contributed by atoms with Crippen LogP contribution in [0.5, 0.6) is 11.5 Å². The molecule has 2 aliphatic rings. The highest BCUT2D eigenvalue weighted by Crippen LogP contribution is 2.38. The minimum Gasteiger partial charge on any atom is -0.486 e. The summed E-state index contributed by atoms with van der Waals surface area (Å²) < 4.78 is 11.3. The van der Waals surface area contributed by atoms with Gasteiger partial charge >= 0.3 is 0 Å². The standard InChI is InChI=1S/C19H21N3O3/c1-20-17-12-13(7-8-21-17)15-5-3-9-22(15)19(23)14-4-2-6-16-18(14)25-11-10-24-16/h2,4,6-8,12,15H,3,5,9-11H2,1H3,(H,20,21)/t15-/m1/s1. The van der Waals surface area contributed by atoms with E-state index in [1.807, 2.05) is 42.3 Å². The van der Waals surface area contributed by atoms with Crippen LogP contribution in [0.2, 0.25) is 0 Å². The van der Waals surface area contributed by atoms with Crippen LogP contribution in [0.1, 0.15) is 34.8 Å². The van der Waals surface area contributed by atoms with Crippen LogP contribution in [0.4, 0.5) is 5.82 Å². The van der Waals surface area contributed by atoms with Crippen molar-refractivity contribution in [2.75, 3.05) is 32.1 Å². The van der Waals surface area contributed by atoms with Crippen LogP contribution in [0, 0.1) is 0 Å². The second-order valence-electron chi connectivity index (χ2n) is 6.21. The number of pyridine rings is 1. The summed E-state index contributed by atoms with van der Waals surface area (Å²) in [4.78, 5) is 19.4. The van der Waals surface area contributed by atoms with Crippen molar-refractivity contribution in [3.63, 3.8) is 0 Å². The van der Waals surface area contributed by atoms with E-state index in [1.165, 1.54) is 0 Å². The van der Waals surface area contributed by atoms with Gasteiger partial charge in [-0.2, -0.15) is 0 Å². The molecule has 2 aromatic rings. The van der Waals surface area contributed by atoms with E-state index >= 15 is 0 Å². The molecule has 1 atom stereocenters. The second kappa shape index (κ2) is 6.63. The van der Waals surface area contributed by atoms with Gasteiger partial charge < -0.3 is 19.7 Å². The van der Waals surface area contributed by atoms with Crippen molar-refractivity contribution in [3.05, 3.63) is 47.7 Å². The van der Waals surface area contributed by atoms with Gasteiger partial charge in [0, 0.05) is 19.8 Å². The Morgan fingerprint density at radius 2 is 2.16 bits per heavy atom. The fraction of sp³-hybridized carbons (Fsp3) is 0.368. The Labute approximate surface area is 146 Å². The number of rotatable bonds is 3.